The van der Waals surface area contributed by atoms with Crippen LogP contribution in [-0.4, -0.2) is 22.3 Å². The molecule has 2 spiro atoms. The van der Waals surface area contributed by atoms with Crippen molar-refractivity contribution in [2.45, 2.75) is 75.0 Å². The first-order valence-electron chi connectivity index (χ1n) is 8.39. The number of hydrogen-bond acceptors (Lipinski definition) is 5. The topological polar surface area (TPSA) is 57.2 Å². The summed E-state index contributed by atoms with van der Waals surface area (Å²) in [6.45, 7) is 0. The predicted molar refractivity (Wildman–Crippen MR) is 71.1 cm³/mol. The van der Waals surface area contributed by atoms with E-state index in [1.165, 1.54) is 0 Å². The van der Waals surface area contributed by atoms with E-state index in [0.717, 1.165) is 51.4 Å². The van der Waals surface area contributed by atoms with Gasteiger partial charge in [0.15, 0.2) is 0 Å². The molecule has 21 heavy (non-hydrogen) atoms. The van der Waals surface area contributed by atoms with Crippen molar-refractivity contribution in [2.24, 2.45) is 17.8 Å². The van der Waals surface area contributed by atoms with Crippen molar-refractivity contribution in [3.8, 4) is 0 Å². The van der Waals surface area contributed by atoms with E-state index in [4.69, 9.17) is 19.6 Å². The first-order valence-corrected chi connectivity index (χ1v) is 8.39. The van der Waals surface area contributed by atoms with Gasteiger partial charge < -0.3 is 5.11 Å². The zero-order valence-corrected chi connectivity index (χ0v) is 12.3. The highest BCUT2D eigenvalue weighted by Gasteiger charge is 2.67. The SMILES string of the molecule is OC12CC3CC(C1)C1(OOC4(C[CH]CCC4)OO1)C(C3)C2. The lowest BCUT2D eigenvalue weighted by molar-refractivity contribution is -0.680. The molecule has 5 aliphatic carbocycles. The molecule has 1 aliphatic heterocycles. The molecule has 0 aromatic heterocycles. The quantitative estimate of drug-likeness (QED) is 0.696. The van der Waals surface area contributed by atoms with E-state index in [-0.39, 0.29) is 11.8 Å². The highest BCUT2D eigenvalue weighted by molar-refractivity contribution is 5.09. The molecule has 4 bridgehead atoms. The molecule has 2 unspecified atom stereocenters. The molecule has 6 fully saturated rings. The van der Waals surface area contributed by atoms with Crippen LogP contribution in [0.2, 0.25) is 0 Å². The molecule has 5 heteroatoms. The van der Waals surface area contributed by atoms with Gasteiger partial charge in [0.2, 0.25) is 11.6 Å². The summed E-state index contributed by atoms with van der Waals surface area (Å²) in [7, 11) is 0. The summed E-state index contributed by atoms with van der Waals surface area (Å²) in [6, 6.07) is 0. The molecule has 0 amide bonds. The van der Waals surface area contributed by atoms with E-state index in [1.807, 2.05) is 0 Å². The fourth-order valence-electron chi connectivity index (χ4n) is 5.56. The Hall–Kier alpha value is -0.200. The lowest BCUT2D eigenvalue weighted by atomic mass is 9.51. The van der Waals surface area contributed by atoms with Gasteiger partial charge in [-0.2, -0.15) is 19.6 Å². The van der Waals surface area contributed by atoms with Gasteiger partial charge in [-0.3, -0.25) is 0 Å². The number of aliphatic hydroxyl groups is 1. The molecule has 1 saturated heterocycles. The Labute approximate surface area is 124 Å². The molecular formula is C16H23O5. The van der Waals surface area contributed by atoms with Crippen LogP contribution < -0.4 is 0 Å². The molecule has 6 rings (SSSR count). The summed E-state index contributed by atoms with van der Waals surface area (Å²) >= 11 is 0. The van der Waals surface area contributed by atoms with Gasteiger partial charge in [0.25, 0.3) is 0 Å². The van der Waals surface area contributed by atoms with E-state index in [1.54, 1.807) is 0 Å². The standard InChI is InChI=1S/C16H23O5/c17-14-8-11-6-12(9-14)16(13(7-11)10-14)20-18-15(19-21-16)4-2-1-3-5-15/h2,11-13,17H,1,3-10H2. The van der Waals surface area contributed by atoms with Crippen LogP contribution in [0.25, 0.3) is 0 Å². The largest absolute Gasteiger partial charge is 0.390 e. The van der Waals surface area contributed by atoms with Crippen molar-refractivity contribution in [3.05, 3.63) is 6.42 Å². The van der Waals surface area contributed by atoms with Gasteiger partial charge in [-0.25, -0.2) is 0 Å². The molecular weight excluding hydrogens is 272 g/mol. The maximum Gasteiger partial charge on any atom is 0.240 e. The summed E-state index contributed by atoms with van der Waals surface area (Å²) in [6.07, 6.45) is 10.3. The maximum absolute atomic E-state index is 10.7. The van der Waals surface area contributed by atoms with Gasteiger partial charge in [0, 0.05) is 24.7 Å². The second-order valence-electron chi connectivity index (χ2n) is 7.92. The Bertz CT molecular complexity index is 416. The second-order valence-corrected chi connectivity index (χ2v) is 7.92. The van der Waals surface area contributed by atoms with Crippen molar-refractivity contribution < 1.29 is 24.7 Å². The zero-order valence-electron chi connectivity index (χ0n) is 12.3. The minimum Gasteiger partial charge on any atom is -0.390 e. The molecule has 1 N–H and O–H groups in total. The molecule has 2 atom stereocenters. The molecule has 117 valence electrons. The molecule has 0 aromatic rings. The van der Waals surface area contributed by atoms with E-state index in [9.17, 15) is 5.11 Å². The van der Waals surface area contributed by atoms with Crippen LogP contribution in [0.3, 0.4) is 0 Å². The second kappa shape index (κ2) is 4.20. The highest BCUT2D eigenvalue weighted by Crippen LogP contribution is 2.63. The van der Waals surface area contributed by atoms with Gasteiger partial charge in [0.05, 0.1) is 5.60 Å². The third-order valence-electron chi connectivity index (χ3n) is 6.36. The van der Waals surface area contributed by atoms with Crippen molar-refractivity contribution in [3.63, 3.8) is 0 Å². The van der Waals surface area contributed by atoms with Crippen LogP contribution in [0.15, 0.2) is 0 Å². The average molecular weight is 295 g/mol. The molecule has 5 nitrogen and oxygen atoms in total. The minimum absolute atomic E-state index is 0.179. The molecule has 5 saturated carbocycles. The summed E-state index contributed by atoms with van der Waals surface area (Å²) in [4.78, 5) is 23.3. The van der Waals surface area contributed by atoms with Crippen molar-refractivity contribution in [1.29, 1.82) is 0 Å². The Balaban J connectivity index is 1.39. The first-order chi connectivity index (χ1) is 10.1. The van der Waals surface area contributed by atoms with E-state index >= 15 is 0 Å². The van der Waals surface area contributed by atoms with Crippen LogP contribution in [0, 0.1) is 24.2 Å². The molecule has 6 aliphatic rings. The van der Waals surface area contributed by atoms with Crippen LogP contribution >= 0.6 is 0 Å². The average Bonchev–Trinajstić information content (AvgIpc) is 2.46. The van der Waals surface area contributed by atoms with Gasteiger partial charge in [0.1, 0.15) is 0 Å². The van der Waals surface area contributed by atoms with Crippen LogP contribution in [-0.2, 0) is 19.6 Å². The lowest BCUT2D eigenvalue weighted by Gasteiger charge is -2.62. The van der Waals surface area contributed by atoms with Gasteiger partial charge >= 0.3 is 0 Å². The van der Waals surface area contributed by atoms with Crippen LogP contribution in [0.4, 0.5) is 0 Å². The zero-order chi connectivity index (χ0) is 14.1. The first kappa shape index (κ1) is 13.3. The van der Waals surface area contributed by atoms with E-state index in [0.29, 0.717) is 12.3 Å². The Kier molecular flexibility index (Phi) is 2.65. The summed E-state index contributed by atoms with van der Waals surface area (Å²) < 4.78 is 0. The van der Waals surface area contributed by atoms with E-state index in [2.05, 4.69) is 6.42 Å². The fraction of sp³-hybridized carbons (Fsp3) is 0.938. The number of hydrogen-bond donors (Lipinski definition) is 1. The Morgan fingerprint density at radius 1 is 0.952 bits per heavy atom. The summed E-state index contributed by atoms with van der Waals surface area (Å²) in [5, 5.41) is 10.7. The normalized spacial score (nSPS) is 49.9. The molecule has 0 aromatic carbocycles. The summed E-state index contributed by atoms with van der Waals surface area (Å²) in [5.41, 5.74) is -0.512. The minimum atomic E-state index is -0.786. The molecule has 1 heterocycles. The third-order valence-corrected chi connectivity index (χ3v) is 6.36. The van der Waals surface area contributed by atoms with E-state index < -0.39 is 17.2 Å². The van der Waals surface area contributed by atoms with Crippen LogP contribution in [0.5, 0.6) is 0 Å². The van der Waals surface area contributed by atoms with Crippen molar-refractivity contribution >= 4 is 0 Å². The lowest BCUT2D eigenvalue weighted by Crippen LogP contribution is -2.68. The highest BCUT2D eigenvalue weighted by atomic mass is 17.4. The van der Waals surface area contributed by atoms with Crippen molar-refractivity contribution in [2.75, 3.05) is 0 Å². The predicted octanol–water partition coefficient (Wildman–Crippen LogP) is 2.64. The molecule has 1 radical (unpaired) electrons. The van der Waals surface area contributed by atoms with Crippen molar-refractivity contribution in [1.82, 2.24) is 0 Å². The van der Waals surface area contributed by atoms with Gasteiger partial charge in [-0.05, 0) is 57.3 Å². The van der Waals surface area contributed by atoms with Gasteiger partial charge in [-0.15, -0.1) is 0 Å². The van der Waals surface area contributed by atoms with Gasteiger partial charge in [-0.1, -0.05) is 0 Å². The Morgan fingerprint density at radius 2 is 1.67 bits per heavy atom. The number of rotatable bonds is 0. The van der Waals surface area contributed by atoms with Crippen LogP contribution in [0.1, 0.15) is 57.8 Å². The maximum atomic E-state index is 10.7. The summed E-state index contributed by atoms with van der Waals surface area (Å²) in [5.74, 6) is -0.567. The Morgan fingerprint density at radius 3 is 2.24 bits per heavy atom. The monoisotopic (exact) mass is 295 g/mol. The third kappa shape index (κ3) is 1.81. The smallest absolute Gasteiger partial charge is 0.240 e. The fourth-order valence-corrected chi connectivity index (χ4v) is 5.56.